The van der Waals surface area contributed by atoms with Crippen LogP contribution in [0.5, 0.6) is 0 Å². The molecule has 1 nitrogen and oxygen atoms in total. The standard InChI is InChI=1S/C15H22ClN/c1-2-12-7-8-15(17-11-12)10-13-5-3-4-6-14(16)9-13/h7-8,11,13-14H,2-6,9-10H2,1H3. The van der Waals surface area contributed by atoms with E-state index >= 15 is 0 Å². The van der Waals surface area contributed by atoms with Crippen LogP contribution in [0.3, 0.4) is 0 Å². The van der Waals surface area contributed by atoms with E-state index in [-0.39, 0.29) is 0 Å². The van der Waals surface area contributed by atoms with Gasteiger partial charge in [-0.3, -0.25) is 4.98 Å². The molecule has 1 aromatic heterocycles. The Bertz CT molecular complexity index is 333. The lowest BCUT2D eigenvalue weighted by molar-refractivity contribution is 0.455. The zero-order valence-electron chi connectivity index (χ0n) is 10.7. The molecule has 0 spiro atoms. The molecule has 0 aromatic carbocycles. The van der Waals surface area contributed by atoms with Gasteiger partial charge in [0, 0.05) is 17.3 Å². The molecule has 2 atom stereocenters. The topological polar surface area (TPSA) is 12.9 Å². The van der Waals surface area contributed by atoms with Crippen LogP contribution in [0.25, 0.3) is 0 Å². The Balaban J connectivity index is 1.94. The fourth-order valence-corrected chi connectivity index (χ4v) is 3.07. The first kappa shape index (κ1) is 12.9. The highest BCUT2D eigenvalue weighted by Gasteiger charge is 2.19. The maximum atomic E-state index is 6.31. The van der Waals surface area contributed by atoms with E-state index in [1.807, 2.05) is 6.20 Å². The van der Waals surface area contributed by atoms with E-state index in [1.165, 1.54) is 43.4 Å². The molecule has 94 valence electrons. The van der Waals surface area contributed by atoms with E-state index in [1.54, 1.807) is 0 Å². The molecule has 1 aromatic rings. The lowest BCUT2D eigenvalue weighted by Crippen LogP contribution is -2.09. The van der Waals surface area contributed by atoms with Crippen molar-refractivity contribution in [3.63, 3.8) is 0 Å². The summed E-state index contributed by atoms with van der Waals surface area (Å²) >= 11 is 6.31. The van der Waals surface area contributed by atoms with E-state index in [0.717, 1.165) is 18.8 Å². The largest absolute Gasteiger partial charge is 0.261 e. The molecule has 1 aliphatic rings. The van der Waals surface area contributed by atoms with Crippen LogP contribution in [-0.4, -0.2) is 10.4 Å². The van der Waals surface area contributed by atoms with Gasteiger partial charge in [0.05, 0.1) is 0 Å². The van der Waals surface area contributed by atoms with Crippen molar-refractivity contribution < 1.29 is 0 Å². The molecule has 17 heavy (non-hydrogen) atoms. The fourth-order valence-electron chi connectivity index (χ4n) is 2.66. The Morgan fingerprint density at radius 1 is 1.29 bits per heavy atom. The first-order valence-corrected chi connectivity index (χ1v) is 7.29. The number of nitrogens with zero attached hydrogens (tertiary/aromatic N) is 1. The van der Waals surface area contributed by atoms with Gasteiger partial charge in [-0.25, -0.2) is 0 Å². The molecule has 1 heterocycles. The van der Waals surface area contributed by atoms with Crippen LogP contribution >= 0.6 is 11.6 Å². The lowest BCUT2D eigenvalue weighted by Gasteiger charge is -2.15. The van der Waals surface area contributed by atoms with Crippen LogP contribution in [0.2, 0.25) is 0 Å². The highest BCUT2D eigenvalue weighted by Crippen LogP contribution is 2.28. The van der Waals surface area contributed by atoms with Gasteiger partial charge < -0.3 is 0 Å². The first-order chi connectivity index (χ1) is 8.28. The van der Waals surface area contributed by atoms with Crippen molar-refractivity contribution in [3.05, 3.63) is 29.6 Å². The molecule has 0 aliphatic heterocycles. The molecule has 0 N–H and O–H groups in total. The summed E-state index contributed by atoms with van der Waals surface area (Å²) in [6.45, 7) is 2.17. The quantitative estimate of drug-likeness (QED) is 0.574. The van der Waals surface area contributed by atoms with Crippen molar-refractivity contribution in [3.8, 4) is 0 Å². The molecule has 0 saturated heterocycles. The van der Waals surface area contributed by atoms with E-state index < -0.39 is 0 Å². The lowest BCUT2D eigenvalue weighted by atomic mass is 9.94. The van der Waals surface area contributed by atoms with Crippen molar-refractivity contribution in [1.29, 1.82) is 0 Å². The molecule has 1 aliphatic carbocycles. The monoisotopic (exact) mass is 251 g/mol. The number of aromatic nitrogens is 1. The Hall–Kier alpha value is -0.560. The molecule has 1 fully saturated rings. The van der Waals surface area contributed by atoms with Crippen LogP contribution < -0.4 is 0 Å². The minimum absolute atomic E-state index is 0.386. The van der Waals surface area contributed by atoms with Crippen LogP contribution in [0.1, 0.15) is 50.3 Å². The minimum atomic E-state index is 0.386. The van der Waals surface area contributed by atoms with Crippen LogP contribution in [0.4, 0.5) is 0 Å². The highest BCUT2D eigenvalue weighted by molar-refractivity contribution is 6.20. The Morgan fingerprint density at radius 3 is 2.82 bits per heavy atom. The second-order valence-electron chi connectivity index (χ2n) is 5.20. The van der Waals surface area contributed by atoms with Gasteiger partial charge in [0.25, 0.3) is 0 Å². The second-order valence-corrected chi connectivity index (χ2v) is 5.82. The number of alkyl halides is 1. The van der Waals surface area contributed by atoms with Gasteiger partial charge in [0.2, 0.25) is 0 Å². The summed E-state index contributed by atoms with van der Waals surface area (Å²) in [6, 6.07) is 4.39. The number of pyridine rings is 1. The Kier molecular flexibility index (Phi) is 4.85. The van der Waals surface area contributed by atoms with Gasteiger partial charge >= 0.3 is 0 Å². The summed E-state index contributed by atoms with van der Waals surface area (Å²) in [5.41, 5.74) is 2.56. The predicted octanol–water partition coefficient (Wildman–Crippen LogP) is 4.37. The van der Waals surface area contributed by atoms with Gasteiger partial charge in [-0.2, -0.15) is 0 Å². The summed E-state index contributed by atoms with van der Waals surface area (Å²) in [7, 11) is 0. The summed E-state index contributed by atoms with van der Waals surface area (Å²) in [6.07, 6.45) is 10.5. The summed E-state index contributed by atoms with van der Waals surface area (Å²) < 4.78 is 0. The molecular formula is C15H22ClN. The average Bonchev–Trinajstić information content (AvgIpc) is 2.55. The summed E-state index contributed by atoms with van der Waals surface area (Å²) in [5, 5.41) is 0.386. The molecule has 0 radical (unpaired) electrons. The Labute approximate surface area is 110 Å². The van der Waals surface area contributed by atoms with Crippen LogP contribution in [0.15, 0.2) is 18.3 Å². The van der Waals surface area contributed by atoms with Crippen LogP contribution in [-0.2, 0) is 12.8 Å². The van der Waals surface area contributed by atoms with Crippen molar-refractivity contribution in [2.45, 2.75) is 57.2 Å². The van der Waals surface area contributed by atoms with E-state index in [0.29, 0.717) is 5.38 Å². The van der Waals surface area contributed by atoms with E-state index in [2.05, 4.69) is 24.0 Å². The molecule has 0 bridgehead atoms. The number of rotatable bonds is 3. The number of aryl methyl sites for hydroxylation is 1. The maximum Gasteiger partial charge on any atom is 0.0406 e. The van der Waals surface area contributed by atoms with Crippen molar-refractivity contribution >= 4 is 11.6 Å². The van der Waals surface area contributed by atoms with Crippen molar-refractivity contribution in [2.24, 2.45) is 5.92 Å². The zero-order chi connectivity index (χ0) is 12.1. The minimum Gasteiger partial charge on any atom is -0.261 e. The SMILES string of the molecule is CCc1ccc(CC2CCCCC(Cl)C2)nc1. The number of hydrogen-bond donors (Lipinski definition) is 0. The van der Waals surface area contributed by atoms with Gasteiger partial charge in [-0.15, -0.1) is 11.6 Å². The summed E-state index contributed by atoms with van der Waals surface area (Å²) in [4.78, 5) is 4.56. The molecule has 2 unspecified atom stereocenters. The third-order valence-electron chi connectivity index (χ3n) is 3.76. The fraction of sp³-hybridized carbons (Fsp3) is 0.667. The molecular weight excluding hydrogens is 230 g/mol. The molecule has 0 amide bonds. The van der Waals surface area contributed by atoms with Gasteiger partial charge in [-0.1, -0.05) is 32.3 Å². The number of hydrogen-bond acceptors (Lipinski definition) is 1. The zero-order valence-corrected chi connectivity index (χ0v) is 11.4. The average molecular weight is 252 g/mol. The van der Waals surface area contributed by atoms with Crippen molar-refractivity contribution in [1.82, 2.24) is 4.98 Å². The molecule has 1 saturated carbocycles. The smallest absolute Gasteiger partial charge is 0.0406 e. The normalized spacial score (nSPS) is 25.5. The third-order valence-corrected chi connectivity index (χ3v) is 4.16. The maximum absolute atomic E-state index is 6.31. The number of halogens is 1. The second kappa shape index (κ2) is 6.39. The Morgan fingerprint density at radius 2 is 2.12 bits per heavy atom. The first-order valence-electron chi connectivity index (χ1n) is 6.85. The van der Waals surface area contributed by atoms with E-state index in [9.17, 15) is 0 Å². The third kappa shape index (κ3) is 3.99. The van der Waals surface area contributed by atoms with E-state index in [4.69, 9.17) is 11.6 Å². The van der Waals surface area contributed by atoms with Gasteiger partial charge in [0.1, 0.15) is 0 Å². The van der Waals surface area contributed by atoms with Gasteiger partial charge in [0.15, 0.2) is 0 Å². The molecule has 2 rings (SSSR count). The van der Waals surface area contributed by atoms with Crippen LogP contribution in [0, 0.1) is 5.92 Å². The molecule has 2 heteroatoms. The summed E-state index contributed by atoms with van der Waals surface area (Å²) in [5.74, 6) is 0.736. The highest BCUT2D eigenvalue weighted by atomic mass is 35.5. The van der Waals surface area contributed by atoms with Crippen molar-refractivity contribution in [2.75, 3.05) is 0 Å². The van der Waals surface area contributed by atoms with Gasteiger partial charge in [-0.05, 0) is 43.2 Å². The predicted molar refractivity (Wildman–Crippen MR) is 73.5 cm³/mol.